The van der Waals surface area contributed by atoms with E-state index in [0.717, 1.165) is 56.0 Å². The first-order valence-corrected chi connectivity index (χ1v) is 10.1. The molecule has 2 atom stereocenters. The van der Waals surface area contributed by atoms with E-state index in [-0.39, 0.29) is 5.92 Å². The first kappa shape index (κ1) is 16.1. The zero-order valence-corrected chi connectivity index (χ0v) is 15.4. The van der Waals surface area contributed by atoms with Crippen molar-refractivity contribution in [2.45, 2.75) is 57.5 Å². The zero-order chi connectivity index (χ0) is 17.7. The summed E-state index contributed by atoms with van der Waals surface area (Å²) >= 11 is 0. The number of aromatic nitrogens is 3. The van der Waals surface area contributed by atoms with Crippen LogP contribution in [0.1, 0.15) is 45.4 Å². The van der Waals surface area contributed by atoms with Crippen LogP contribution in [0.25, 0.3) is 5.52 Å². The lowest BCUT2D eigenvalue weighted by atomic mass is 9.75. The Kier molecular flexibility index (Phi) is 3.87. The smallest absolute Gasteiger partial charge is 0.225 e. The van der Waals surface area contributed by atoms with E-state index in [2.05, 4.69) is 32.9 Å². The lowest BCUT2D eigenvalue weighted by molar-refractivity contribution is -0.139. The fraction of sp³-hybridized carbons (Fsp3) is 0.650. The highest BCUT2D eigenvalue weighted by molar-refractivity contribution is 5.80. The summed E-state index contributed by atoms with van der Waals surface area (Å²) in [5, 5.41) is 4.32. The second-order valence-electron chi connectivity index (χ2n) is 8.41. The first-order chi connectivity index (χ1) is 12.7. The van der Waals surface area contributed by atoms with Crippen LogP contribution in [0.3, 0.4) is 0 Å². The quantitative estimate of drug-likeness (QED) is 0.833. The highest BCUT2D eigenvalue weighted by Crippen LogP contribution is 2.37. The molecule has 1 aliphatic carbocycles. The molecule has 2 aliphatic heterocycles. The van der Waals surface area contributed by atoms with E-state index in [9.17, 15) is 4.79 Å². The Morgan fingerprint density at radius 1 is 1.19 bits per heavy atom. The molecule has 4 heterocycles. The Morgan fingerprint density at radius 3 is 2.88 bits per heavy atom. The van der Waals surface area contributed by atoms with Gasteiger partial charge in [-0.3, -0.25) is 4.79 Å². The molecule has 5 rings (SSSR count). The highest BCUT2D eigenvalue weighted by Gasteiger charge is 2.40. The van der Waals surface area contributed by atoms with Crippen molar-refractivity contribution in [3.05, 3.63) is 24.7 Å². The number of carbonyl (C=O) groups is 1. The van der Waals surface area contributed by atoms with Crippen molar-refractivity contribution in [2.24, 2.45) is 11.8 Å². The van der Waals surface area contributed by atoms with Crippen LogP contribution in [0.15, 0.2) is 24.7 Å². The molecule has 2 aromatic heterocycles. The number of fused-ring (bicyclic) bond motifs is 3. The number of piperidine rings is 1. The minimum absolute atomic E-state index is 0.271. The summed E-state index contributed by atoms with van der Waals surface area (Å²) in [5.41, 5.74) is 1.07. The molecule has 6 heteroatoms. The van der Waals surface area contributed by atoms with E-state index in [4.69, 9.17) is 0 Å². The Balaban J connectivity index is 1.44. The fourth-order valence-electron chi connectivity index (χ4n) is 5.24. The molecule has 1 saturated carbocycles. The molecule has 2 aromatic rings. The molecule has 0 aromatic carbocycles. The normalized spacial score (nSPS) is 31.6. The number of amides is 1. The average Bonchev–Trinajstić information content (AvgIpc) is 3.07. The SMILES string of the molecule is CC1CC(C(=O)N2CCC3CCCC(C2)N3c2ncnn3cccc23)C1. The third kappa shape index (κ3) is 2.58. The molecule has 3 aliphatic rings. The van der Waals surface area contributed by atoms with Gasteiger partial charge in [-0.25, -0.2) is 9.50 Å². The van der Waals surface area contributed by atoms with Gasteiger partial charge in [-0.05, 0) is 56.6 Å². The van der Waals surface area contributed by atoms with Gasteiger partial charge in [0.05, 0.1) is 0 Å². The van der Waals surface area contributed by atoms with Gasteiger partial charge in [0.1, 0.15) is 11.8 Å². The molecule has 0 N–H and O–H groups in total. The lowest BCUT2D eigenvalue weighted by Crippen LogP contribution is -2.50. The standard InChI is InChI=1S/C20H27N5O/c1-14-10-15(11-14)20(26)23-9-7-16-4-2-5-17(12-23)25(16)19-18-6-3-8-24(18)22-13-21-19/h3,6,8,13-17H,2,4-5,7,9-12H2,1H3. The Bertz CT molecular complexity index is 811. The van der Waals surface area contributed by atoms with E-state index in [1.165, 1.54) is 12.8 Å². The van der Waals surface area contributed by atoms with Gasteiger partial charge in [-0.2, -0.15) is 5.10 Å². The number of hydrogen-bond acceptors (Lipinski definition) is 4. The number of hydrogen-bond donors (Lipinski definition) is 0. The predicted molar refractivity (Wildman–Crippen MR) is 100.0 cm³/mol. The van der Waals surface area contributed by atoms with Gasteiger partial charge in [0.2, 0.25) is 5.91 Å². The summed E-state index contributed by atoms with van der Waals surface area (Å²) in [7, 11) is 0. The average molecular weight is 353 g/mol. The van der Waals surface area contributed by atoms with Gasteiger partial charge in [0.15, 0.2) is 5.82 Å². The van der Waals surface area contributed by atoms with Gasteiger partial charge in [-0.15, -0.1) is 0 Å². The lowest BCUT2D eigenvalue weighted by Gasteiger charge is -2.42. The maximum absolute atomic E-state index is 13.0. The second kappa shape index (κ2) is 6.25. The summed E-state index contributed by atoms with van der Waals surface area (Å²) in [4.78, 5) is 22.3. The fourth-order valence-corrected chi connectivity index (χ4v) is 5.24. The zero-order valence-electron chi connectivity index (χ0n) is 15.4. The van der Waals surface area contributed by atoms with Gasteiger partial charge in [0, 0.05) is 37.3 Å². The van der Waals surface area contributed by atoms with Crippen molar-refractivity contribution in [3.63, 3.8) is 0 Å². The van der Waals surface area contributed by atoms with Gasteiger partial charge in [0.25, 0.3) is 0 Å². The molecule has 2 saturated heterocycles. The molecular formula is C20H27N5O. The monoisotopic (exact) mass is 353 g/mol. The first-order valence-electron chi connectivity index (χ1n) is 10.1. The highest BCUT2D eigenvalue weighted by atomic mass is 16.2. The van der Waals surface area contributed by atoms with Crippen molar-refractivity contribution in [1.29, 1.82) is 0 Å². The molecule has 2 unspecified atom stereocenters. The maximum Gasteiger partial charge on any atom is 0.225 e. The van der Waals surface area contributed by atoms with Crippen LogP contribution < -0.4 is 4.90 Å². The Hall–Kier alpha value is -2.11. The summed E-state index contributed by atoms with van der Waals surface area (Å²) in [6, 6.07) is 4.95. The van der Waals surface area contributed by atoms with Gasteiger partial charge >= 0.3 is 0 Å². The minimum atomic E-state index is 0.271. The van der Waals surface area contributed by atoms with Crippen molar-refractivity contribution >= 4 is 17.2 Å². The molecular weight excluding hydrogens is 326 g/mol. The van der Waals surface area contributed by atoms with Crippen LogP contribution in [-0.2, 0) is 4.79 Å². The third-order valence-corrected chi connectivity index (χ3v) is 6.62. The van der Waals surface area contributed by atoms with Crippen molar-refractivity contribution in [2.75, 3.05) is 18.0 Å². The predicted octanol–water partition coefficient (Wildman–Crippen LogP) is 2.74. The van der Waals surface area contributed by atoms with E-state index >= 15 is 0 Å². The Labute approximate surface area is 154 Å². The summed E-state index contributed by atoms with van der Waals surface area (Å²) < 4.78 is 1.90. The molecule has 138 valence electrons. The van der Waals surface area contributed by atoms with Crippen LogP contribution >= 0.6 is 0 Å². The summed E-state index contributed by atoms with van der Waals surface area (Å²) in [6.45, 7) is 3.99. The summed E-state index contributed by atoms with van der Waals surface area (Å²) in [5.74, 6) is 2.42. The number of rotatable bonds is 2. The number of carbonyl (C=O) groups excluding carboxylic acids is 1. The van der Waals surface area contributed by atoms with Gasteiger partial charge < -0.3 is 9.80 Å². The molecule has 0 spiro atoms. The van der Waals surface area contributed by atoms with E-state index in [1.54, 1.807) is 6.33 Å². The number of anilines is 1. The van der Waals surface area contributed by atoms with Crippen LogP contribution in [0.5, 0.6) is 0 Å². The number of nitrogens with zero attached hydrogens (tertiary/aromatic N) is 5. The maximum atomic E-state index is 13.0. The van der Waals surface area contributed by atoms with Crippen LogP contribution in [0.2, 0.25) is 0 Å². The van der Waals surface area contributed by atoms with Crippen molar-refractivity contribution in [3.8, 4) is 0 Å². The molecule has 3 fully saturated rings. The molecule has 1 amide bonds. The van der Waals surface area contributed by atoms with Crippen LogP contribution in [-0.4, -0.2) is 50.6 Å². The molecule has 0 radical (unpaired) electrons. The van der Waals surface area contributed by atoms with E-state index in [0.29, 0.717) is 18.0 Å². The van der Waals surface area contributed by atoms with Crippen LogP contribution in [0.4, 0.5) is 5.82 Å². The Morgan fingerprint density at radius 2 is 2.04 bits per heavy atom. The summed E-state index contributed by atoms with van der Waals surface area (Å²) in [6.07, 6.45) is 10.4. The van der Waals surface area contributed by atoms with Gasteiger partial charge in [-0.1, -0.05) is 6.92 Å². The largest absolute Gasteiger partial charge is 0.347 e. The minimum Gasteiger partial charge on any atom is -0.347 e. The van der Waals surface area contributed by atoms with E-state index in [1.807, 2.05) is 16.8 Å². The van der Waals surface area contributed by atoms with E-state index < -0.39 is 0 Å². The topological polar surface area (TPSA) is 53.7 Å². The molecule has 6 nitrogen and oxygen atoms in total. The van der Waals surface area contributed by atoms with Crippen LogP contribution in [0, 0.1) is 11.8 Å². The van der Waals surface area contributed by atoms with Crippen molar-refractivity contribution < 1.29 is 4.79 Å². The second-order valence-corrected chi connectivity index (χ2v) is 8.41. The third-order valence-electron chi connectivity index (χ3n) is 6.62. The molecule has 26 heavy (non-hydrogen) atoms. The molecule has 2 bridgehead atoms. The van der Waals surface area contributed by atoms with Crippen molar-refractivity contribution in [1.82, 2.24) is 19.5 Å².